The van der Waals surface area contributed by atoms with Crippen LogP contribution < -0.4 is 10.5 Å². The smallest absolute Gasteiger partial charge is 0.402 e. The molecule has 1 heterocycles. The molecule has 1 aromatic rings. The lowest BCUT2D eigenvalue weighted by Crippen LogP contribution is -2.18. The molecule has 0 aliphatic rings. The maximum Gasteiger partial charge on any atom is 0.573 e. The van der Waals surface area contributed by atoms with Crippen LogP contribution in [0.15, 0.2) is 12.3 Å². The zero-order valence-electron chi connectivity index (χ0n) is 6.51. The quantitative estimate of drug-likeness (QED) is 0.755. The second-order valence-corrected chi connectivity index (χ2v) is 2.09. The van der Waals surface area contributed by atoms with Gasteiger partial charge < -0.3 is 10.5 Å². The lowest BCUT2D eigenvalue weighted by atomic mass is 10.4. The van der Waals surface area contributed by atoms with Crippen LogP contribution in [0.3, 0.4) is 0 Å². The van der Waals surface area contributed by atoms with Crippen molar-refractivity contribution >= 4 is 18.2 Å². The minimum absolute atomic E-state index is 0. The van der Waals surface area contributed by atoms with Crippen molar-refractivity contribution in [2.24, 2.45) is 0 Å². The van der Waals surface area contributed by atoms with E-state index in [4.69, 9.17) is 5.73 Å². The summed E-state index contributed by atoms with van der Waals surface area (Å²) in [5, 5.41) is 0. The molecule has 0 amide bonds. The fourth-order valence-electron chi connectivity index (χ4n) is 0.638. The van der Waals surface area contributed by atoms with Gasteiger partial charge >= 0.3 is 6.36 Å². The van der Waals surface area contributed by atoms with Gasteiger partial charge in [-0.3, -0.25) is 0 Å². The summed E-state index contributed by atoms with van der Waals surface area (Å²) in [5.74, 6) is -2.45. The summed E-state index contributed by atoms with van der Waals surface area (Å²) in [5.41, 5.74) is 5.02. The van der Waals surface area contributed by atoms with Crippen LogP contribution in [0.5, 0.6) is 5.75 Å². The highest BCUT2D eigenvalue weighted by Crippen LogP contribution is 2.25. The summed E-state index contributed by atoms with van der Waals surface area (Å²) in [6, 6.07) is 0.656. The Hall–Kier alpha value is -1.24. The van der Waals surface area contributed by atoms with Crippen molar-refractivity contribution < 1.29 is 22.3 Å². The number of nitrogens with two attached hydrogens (primary N) is 1. The molecule has 14 heavy (non-hydrogen) atoms. The number of alkyl halides is 3. The van der Waals surface area contributed by atoms with Crippen molar-refractivity contribution in [3.8, 4) is 5.75 Å². The van der Waals surface area contributed by atoms with Crippen LogP contribution in [0, 0.1) is 5.82 Å². The van der Waals surface area contributed by atoms with Crippen LogP contribution in [0.2, 0.25) is 0 Å². The van der Waals surface area contributed by atoms with Crippen molar-refractivity contribution in [3.05, 3.63) is 18.1 Å². The molecule has 0 fully saturated rings. The fourth-order valence-corrected chi connectivity index (χ4v) is 0.638. The first-order valence-corrected chi connectivity index (χ1v) is 3.05. The second-order valence-electron chi connectivity index (χ2n) is 2.09. The second kappa shape index (κ2) is 4.32. The third-order valence-electron chi connectivity index (χ3n) is 1.07. The van der Waals surface area contributed by atoms with E-state index in [0.29, 0.717) is 12.3 Å². The average molecular weight is 233 g/mol. The molecule has 2 N–H and O–H groups in total. The molecule has 0 aliphatic heterocycles. The lowest BCUT2D eigenvalue weighted by molar-refractivity contribution is -0.275. The summed E-state index contributed by atoms with van der Waals surface area (Å²) >= 11 is 0. The standard InChI is InChI=1S/C6H4F4N2O.ClH/c7-3-2-12-5(11)1-4(3)13-6(8,9)10;/h1-2H,(H2,11,12);1H. The molecule has 1 aromatic heterocycles. The number of aromatic nitrogens is 1. The molecule has 80 valence electrons. The predicted octanol–water partition coefficient (Wildman–Crippen LogP) is 2.12. The predicted molar refractivity (Wildman–Crippen MR) is 42.5 cm³/mol. The van der Waals surface area contributed by atoms with Crippen molar-refractivity contribution in [1.29, 1.82) is 0 Å². The van der Waals surface area contributed by atoms with E-state index in [9.17, 15) is 17.6 Å². The molecule has 0 saturated carbocycles. The van der Waals surface area contributed by atoms with E-state index >= 15 is 0 Å². The molecule has 8 heteroatoms. The van der Waals surface area contributed by atoms with Gasteiger partial charge in [0.25, 0.3) is 0 Å². The fraction of sp³-hybridized carbons (Fsp3) is 0.167. The number of hydrogen-bond acceptors (Lipinski definition) is 3. The van der Waals surface area contributed by atoms with Crippen LogP contribution in [-0.2, 0) is 0 Å². The van der Waals surface area contributed by atoms with Crippen molar-refractivity contribution in [1.82, 2.24) is 4.98 Å². The van der Waals surface area contributed by atoms with Crippen LogP contribution in [0.4, 0.5) is 23.4 Å². The van der Waals surface area contributed by atoms with E-state index < -0.39 is 17.9 Å². The molecule has 1 rings (SSSR count). The zero-order chi connectivity index (χ0) is 10.1. The summed E-state index contributed by atoms with van der Waals surface area (Å²) < 4.78 is 50.7. The van der Waals surface area contributed by atoms with Crippen molar-refractivity contribution in [2.45, 2.75) is 6.36 Å². The van der Waals surface area contributed by atoms with E-state index in [1.165, 1.54) is 0 Å². The first-order valence-electron chi connectivity index (χ1n) is 3.05. The van der Waals surface area contributed by atoms with Gasteiger partial charge in [-0.1, -0.05) is 0 Å². The Kier molecular flexibility index (Phi) is 3.93. The number of ether oxygens (including phenoxy) is 1. The number of pyridine rings is 1. The maximum absolute atomic E-state index is 12.6. The largest absolute Gasteiger partial charge is 0.573 e. The van der Waals surface area contributed by atoms with Gasteiger partial charge in [0.1, 0.15) is 5.82 Å². The number of rotatable bonds is 1. The zero-order valence-corrected chi connectivity index (χ0v) is 7.32. The minimum atomic E-state index is -4.94. The number of nitrogens with zero attached hydrogens (tertiary/aromatic N) is 1. The van der Waals surface area contributed by atoms with Crippen molar-refractivity contribution in [2.75, 3.05) is 5.73 Å². The molecule has 0 bridgehead atoms. The van der Waals surface area contributed by atoms with Gasteiger partial charge in [-0.25, -0.2) is 9.37 Å². The molecule has 0 atom stereocenters. The van der Waals surface area contributed by atoms with Crippen LogP contribution >= 0.6 is 12.4 Å². The Morgan fingerprint density at radius 1 is 1.36 bits per heavy atom. The lowest BCUT2D eigenvalue weighted by Gasteiger charge is -2.09. The Morgan fingerprint density at radius 3 is 2.43 bits per heavy atom. The van der Waals surface area contributed by atoms with Gasteiger partial charge in [-0.15, -0.1) is 25.6 Å². The highest BCUT2D eigenvalue weighted by atomic mass is 35.5. The maximum atomic E-state index is 12.6. The normalized spacial score (nSPS) is 10.6. The van der Waals surface area contributed by atoms with Gasteiger partial charge in [-0.2, -0.15) is 0 Å². The summed E-state index contributed by atoms with van der Waals surface area (Å²) in [7, 11) is 0. The third-order valence-corrected chi connectivity index (χ3v) is 1.07. The minimum Gasteiger partial charge on any atom is -0.402 e. The number of halogens is 5. The first-order chi connectivity index (χ1) is 5.88. The SMILES string of the molecule is Cl.Nc1cc(OC(F)(F)F)c(F)cn1. The first kappa shape index (κ1) is 12.8. The average Bonchev–Trinajstić information content (AvgIpc) is 1.94. The van der Waals surface area contributed by atoms with E-state index in [2.05, 4.69) is 9.72 Å². The summed E-state index contributed by atoms with van der Waals surface area (Å²) in [4.78, 5) is 3.22. The molecule has 3 nitrogen and oxygen atoms in total. The molecule has 0 unspecified atom stereocenters. The monoisotopic (exact) mass is 232 g/mol. The van der Waals surface area contributed by atoms with Gasteiger partial charge in [0, 0.05) is 6.07 Å². The van der Waals surface area contributed by atoms with Gasteiger partial charge in [0.2, 0.25) is 0 Å². The van der Waals surface area contributed by atoms with E-state index in [1.54, 1.807) is 0 Å². The van der Waals surface area contributed by atoms with E-state index in [-0.39, 0.29) is 18.2 Å². The molecule has 0 aliphatic carbocycles. The molecular formula is C6H5ClF4N2O. The van der Waals surface area contributed by atoms with Gasteiger partial charge in [0.05, 0.1) is 6.20 Å². The van der Waals surface area contributed by atoms with Crippen LogP contribution in [-0.4, -0.2) is 11.3 Å². The van der Waals surface area contributed by atoms with Crippen LogP contribution in [0.25, 0.3) is 0 Å². The molecule has 0 aromatic carbocycles. The molecule has 0 radical (unpaired) electrons. The number of hydrogen-bond donors (Lipinski definition) is 1. The Balaban J connectivity index is 0.00000169. The summed E-state index contributed by atoms with van der Waals surface area (Å²) in [6.07, 6.45) is -4.38. The topological polar surface area (TPSA) is 48.1 Å². The van der Waals surface area contributed by atoms with Crippen LogP contribution in [0.1, 0.15) is 0 Å². The number of nitrogen functional groups attached to an aromatic ring is 1. The van der Waals surface area contributed by atoms with Gasteiger partial charge in [-0.05, 0) is 0 Å². The van der Waals surface area contributed by atoms with E-state index in [1.807, 2.05) is 0 Å². The third kappa shape index (κ3) is 3.65. The molecular weight excluding hydrogens is 228 g/mol. The van der Waals surface area contributed by atoms with Gasteiger partial charge in [0.15, 0.2) is 11.6 Å². The van der Waals surface area contributed by atoms with E-state index in [0.717, 1.165) is 0 Å². The Bertz CT molecular complexity index is 317. The molecule has 0 spiro atoms. The highest BCUT2D eigenvalue weighted by molar-refractivity contribution is 5.85. The van der Waals surface area contributed by atoms with Crippen molar-refractivity contribution in [3.63, 3.8) is 0 Å². The number of anilines is 1. The highest BCUT2D eigenvalue weighted by Gasteiger charge is 2.32. The summed E-state index contributed by atoms with van der Waals surface area (Å²) in [6.45, 7) is 0. The Labute approximate surface area is 82.3 Å². The Morgan fingerprint density at radius 2 is 1.93 bits per heavy atom. The molecule has 0 saturated heterocycles.